The second-order valence-electron chi connectivity index (χ2n) is 6.98. The van der Waals surface area contributed by atoms with Crippen LogP contribution in [0.4, 0.5) is 11.4 Å². The van der Waals surface area contributed by atoms with Gasteiger partial charge in [0.15, 0.2) is 0 Å². The minimum atomic E-state index is -2.87. The summed E-state index contributed by atoms with van der Waals surface area (Å²) in [6.45, 7) is 0. The summed E-state index contributed by atoms with van der Waals surface area (Å²) in [7, 11) is -0.816. The molecule has 0 aliphatic carbocycles. The highest BCUT2D eigenvalue weighted by Crippen LogP contribution is 2.31. The highest BCUT2D eigenvalue weighted by atomic mass is 32.2. The number of nitrogens with zero attached hydrogens (tertiary/aromatic N) is 3. The predicted octanol–water partition coefficient (Wildman–Crippen LogP) is 4.07. The highest BCUT2D eigenvalue weighted by molar-refractivity contribution is 7.91. The molecule has 0 N–H and O–H groups in total. The largest absolute Gasteiger partial charge is 0.345 e. The molecule has 1 aliphatic rings. The molecule has 2 aromatic carbocycles. The van der Waals surface area contributed by atoms with Gasteiger partial charge in [-0.15, -0.1) is 0 Å². The summed E-state index contributed by atoms with van der Waals surface area (Å²) in [5.74, 6) is 1.42. The molecular weight excluding hydrogens is 358 g/mol. The zero-order chi connectivity index (χ0) is 18.9. The molecule has 6 heteroatoms. The summed E-state index contributed by atoms with van der Waals surface area (Å²) < 4.78 is 25.5. The first-order chi connectivity index (χ1) is 13.0. The average Bonchev–Trinajstić information content (AvgIpc) is 3.18. The van der Waals surface area contributed by atoms with Crippen LogP contribution in [0.15, 0.2) is 67.0 Å². The Hall–Kier alpha value is -2.60. The van der Waals surface area contributed by atoms with Crippen molar-refractivity contribution >= 4 is 21.2 Å². The molecule has 27 heavy (non-hydrogen) atoms. The Morgan fingerprint density at radius 3 is 2.26 bits per heavy atom. The van der Waals surface area contributed by atoms with Crippen LogP contribution in [0.3, 0.4) is 0 Å². The second-order valence-corrected chi connectivity index (χ2v) is 9.29. The van der Waals surface area contributed by atoms with Crippen LogP contribution in [0.2, 0.25) is 0 Å². The van der Waals surface area contributed by atoms with E-state index in [1.54, 1.807) is 6.20 Å². The molecule has 0 saturated carbocycles. The first kappa shape index (κ1) is 17.8. The summed E-state index contributed by atoms with van der Waals surface area (Å²) in [4.78, 5) is 6.67. The van der Waals surface area contributed by atoms with Gasteiger partial charge in [-0.05, 0) is 49.2 Å². The first-order valence-corrected chi connectivity index (χ1v) is 11.0. The monoisotopic (exact) mass is 381 g/mol. The third kappa shape index (κ3) is 3.76. The lowest BCUT2D eigenvalue weighted by atomic mass is 10.1. The van der Waals surface area contributed by atoms with Crippen molar-refractivity contribution in [1.82, 2.24) is 9.55 Å². The van der Waals surface area contributed by atoms with Crippen molar-refractivity contribution in [2.45, 2.75) is 18.9 Å². The number of sulfone groups is 1. The van der Waals surface area contributed by atoms with Gasteiger partial charge in [0.1, 0.15) is 15.7 Å². The normalized spacial score (nSPS) is 16.9. The van der Waals surface area contributed by atoms with Crippen LogP contribution < -0.4 is 4.90 Å². The van der Waals surface area contributed by atoms with Crippen LogP contribution in [0.5, 0.6) is 0 Å². The van der Waals surface area contributed by atoms with Crippen molar-refractivity contribution in [2.75, 3.05) is 23.5 Å². The van der Waals surface area contributed by atoms with Gasteiger partial charge in [0.2, 0.25) is 0 Å². The highest BCUT2D eigenvalue weighted by Gasteiger charge is 2.26. The Morgan fingerprint density at radius 1 is 0.963 bits per heavy atom. The molecule has 0 atom stereocenters. The summed E-state index contributed by atoms with van der Waals surface area (Å²) in [5, 5.41) is 0. The maximum atomic E-state index is 11.7. The van der Waals surface area contributed by atoms with E-state index in [-0.39, 0.29) is 17.5 Å². The van der Waals surface area contributed by atoms with E-state index in [4.69, 9.17) is 0 Å². The number of para-hydroxylation sites is 1. The summed E-state index contributed by atoms with van der Waals surface area (Å²) in [6, 6.07) is 18.8. The fraction of sp³-hybridized carbons (Fsp3) is 0.286. The minimum absolute atomic E-state index is 0.192. The van der Waals surface area contributed by atoms with E-state index in [1.165, 1.54) is 0 Å². The van der Waals surface area contributed by atoms with E-state index in [0.29, 0.717) is 12.8 Å². The number of hydrogen-bond acceptors (Lipinski definition) is 4. The first-order valence-electron chi connectivity index (χ1n) is 9.16. The third-order valence-electron chi connectivity index (χ3n) is 5.24. The van der Waals surface area contributed by atoms with Crippen LogP contribution >= 0.6 is 0 Å². The van der Waals surface area contributed by atoms with E-state index in [9.17, 15) is 8.42 Å². The molecule has 2 heterocycles. The van der Waals surface area contributed by atoms with E-state index >= 15 is 0 Å². The van der Waals surface area contributed by atoms with Crippen LogP contribution in [0, 0.1) is 0 Å². The van der Waals surface area contributed by atoms with Gasteiger partial charge >= 0.3 is 0 Å². The fourth-order valence-corrected chi connectivity index (χ4v) is 5.09. The number of rotatable bonds is 4. The van der Waals surface area contributed by atoms with E-state index in [0.717, 1.165) is 22.8 Å². The number of benzene rings is 2. The zero-order valence-electron chi connectivity index (χ0n) is 15.3. The molecule has 5 nitrogen and oxygen atoms in total. The zero-order valence-corrected chi connectivity index (χ0v) is 16.1. The summed E-state index contributed by atoms with van der Waals surface area (Å²) in [5.41, 5.74) is 3.28. The summed E-state index contributed by atoms with van der Waals surface area (Å²) >= 11 is 0. The van der Waals surface area contributed by atoms with Gasteiger partial charge in [-0.3, -0.25) is 0 Å². The van der Waals surface area contributed by atoms with Gasteiger partial charge in [-0.2, -0.15) is 0 Å². The lowest BCUT2D eigenvalue weighted by Crippen LogP contribution is -2.25. The van der Waals surface area contributed by atoms with Crippen molar-refractivity contribution in [1.29, 1.82) is 0 Å². The Morgan fingerprint density at radius 2 is 1.59 bits per heavy atom. The summed E-state index contributed by atoms with van der Waals surface area (Å²) in [6.07, 6.45) is 5.06. The number of aromatic nitrogens is 2. The smallest absolute Gasteiger partial charge is 0.150 e. The average molecular weight is 382 g/mol. The lowest BCUT2D eigenvalue weighted by molar-refractivity contribution is 0.453. The van der Waals surface area contributed by atoms with Crippen LogP contribution in [-0.4, -0.2) is 36.5 Å². The van der Waals surface area contributed by atoms with Crippen LogP contribution in [0.25, 0.3) is 11.4 Å². The van der Waals surface area contributed by atoms with Crippen molar-refractivity contribution in [3.8, 4) is 11.4 Å². The SMILES string of the molecule is CN(c1ccccc1)c1ccc(-c2nccn2C2CCS(=O)(=O)CC2)cc1. The van der Waals surface area contributed by atoms with Crippen molar-refractivity contribution in [2.24, 2.45) is 0 Å². The second kappa shape index (κ2) is 7.19. The van der Waals surface area contributed by atoms with Gasteiger partial charge < -0.3 is 9.47 Å². The van der Waals surface area contributed by atoms with Crippen molar-refractivity contribution in [3.05, 3.63) is 67.0 Å². The quantitative estimate of drug-likeness (QED) is 0.684. The molecule has 4 rings (SSSR count). The Kier molecular flexibility index (Phi) is 4.74. The molecule has 0 amide bonds. The third-order valence-corrected chi connectivity index (χ3v) is 6.96. The molecule has 1 saturated heterocycles. The molecule has 0 bridgehead atoms. The number of anilines is 2. The molecule has 1 fully saturated rings. The topological polar surface area (TPSA) is 55.2 Å². The van der Waals surface area contributed by atoms with Gasteiger partial charge in [-0.25, -0.2) is 13.4 Å². The van der Waals surface area contributed by atoms with Gasteiger partial charge in [0, 0.05) is 42.4 Å². The van der Waals surface area contributed by atoms with E-state index < -0.39 is 9.84 Å². The molecule has 140 valence electrons. The van der Waals surface area contributed by atoms with E-state index in [2.05, 4.69) is 50.8 Å². The molecule has 0 radical (unpaired) electrons. The van der Waals surface area contributed by atoms with Crippen molar-refractivity contribution in [3.63, 3.8) is 0 Å². The Bertz CT molecular complexity index is 997. The standard InChI is InChI=1S/C21H23N3O2S/c1-23(18-5-3-2-4-6-18)19-9-7-17(8-10-19)21-22-13-14-24(21)20-11-15-27(25,26)16-12-20/h2-10,13-14,20H,11-12,15-16H2,1H3. The Balaban J connectivity index is 1.56. The number of hydrogen-bond donors (Lipinski definition) is 0. The van der Waals surface area contributed by atoms with Crippen LogP contribution in [-0.2, 0) is 9.84 Å². The molecular formula is C21H23N3O2S. The van der Waals surface area contributed by atoms with Gasteiger partial charge in [-0.1, -0.05) is 18.2 Å². The predicted molar refractivity (Wildman–Crippen MR) is 109 cm³/mol. The van der Waals surface area contributed by atoms with Crippen LogP contribution in [0.1, 0.15) is 18.9 Å². The maximum absolute atomic E-state index is 11.7. The molecule has 1 aliphatic heterocycles. The molecule has 3 aromatic rings. The number of imidazole rings is 1. The van der Waals surface area contributed by atoms with E-state index in [1.807, 2.05) is 31.4 Å². The molecule has 0 unspecified atom stereocenters. The molecule has 0 spiro atoms. The Labute approximate surface area is 160 Å². The van der Waals surface area contributed by atoms with Gasteiger partial charge in [0.25, 0.3) is 0 Å². The van der Waals surface area contributed by atoms with Crippen molar-refractivity contribution < 1.29 is 8.42 Å². The minimum Gasteiger partial charge on any atom is -0.345 e. The maximum Gasteiger partial charge on any atom is 0.150 e. The molecule has 1 aromatic heterocycles. The fourth-order valence-electron chi connectivity index (χ4n) is 3.62. The lowest BCUT2D eigenvalue weighted by Gasteiger charge is -2.25. The van der Waals surface area contributed by atoms with Gasteiger partial charge in [0.05, 0.1) is 11.5 Å².